The molecule has 3 rings (SSSR count). The van der Waals surface area contributed by atoms with Gasteiger partial charge < -0.3 is 20.5 Å². The van der Waals surface area contributed by atoms with E-state index in [1.54, 1.807) is 25.1 Å². The lowest BCUT2D eigenvalue weighted by Crippen LogP contribution is -2.35. The molecular formula is C24H26ClFN2O5. The molecular weight excluding hydrogens is 451 g/mol. The molecule has 1 aliphatic rings. The van der Waals surface area contributed by atoms with Crippen LogP contribution in [0, 0.1) is 18.7 Å². The van der Waals surface area contributed by atoms with E-state index in [0.717, 1.165) is 11.6 Å². The van der Waals surface area contributed by atoms with Gasteiger partial charge in [0.05, 0.1) is 17.0 Å². The van der Waals surface area contributed by atoms with Gasteiger partial charge in [0.2, 0.25) is 0 Å². The molecule has 33 heavy (non-hydrogen) atoms. The second-order valence-corrected chi connectivity index (χ2v) is 8.45. The summed E-state index contributed by atoms with van der Waals surface area (Å²) in [6, 6.07) is 8.98. The van der Waals surface area contributed by atoms with Crippen LogP contribution in [-0.2, 0) is 4.79 Å². The largest absolute Gasteiger partial charge is 0.490 e. The first-order chi connectivity index (χ1) is 15.7. The van der Waals surface area contributed by atoms with E-state index in [2.05, 4.69) is 10.6 Å². The minimum Gasteiger partial charge on any atom is -0.490 e. The topological polar surface area (TPSA) is 105 Å². The monoisotopic (exact) mass is 476 g/mol. The number of hydrogen-bond acceptors (Lipinski definition) is 4. The molecule has 0 aromatic heterocycles. The van der Waals surface area contributed by atoms with Crippen molar-refractivity contribution in [2.24, 2.45) is 5.92 Å². The van der Waals surface area contributed by atoms with Crippen LogP contribution < -0.4 is 15.4 Å². The SMILES string of the molecule is Cc1cc(O[C@H]2CC[C@@H](C(=O)O)CC2)ccc1C(=O)NCCNC(=O)c1ccc(Cl)c(F)c1. The van der Waals surface area contributed by atoms with Gasteiger partial charge in [0.1, 0.15) is 11.6 Å². The van der Waals surface area contributed by atoms with Crippen molar-refractivity contribution >= 4 is 29.4 Å². The summed E-state index contributed by atoms with van der Waals surface area (Å²) in [5.74, 6) is -1.82. The molecule has 7 nitrogen and oxygen atoms in total. The normalized spacial score (nSPS) is 17.8. The fourth-order valence-corrected chi connectivity index (χ4v) is 3.89. The van der Waals surface area contributed by atoms with Crippen LogP contribution in [0.2, 0.25) is 5.02 Å². The number of carbonyl (C=O) groups excluding carboxylic acids is 2. The fraction of sp³-hybridized carbons (Fsp3) is 0.375. The van der Waals surface area contributed by atoms with E-state index < -0.39 is 17.7 Å². The van der Waals surface area contributed by atoms with Gasteiger partial charge in [-0.25, -0.2) is 4.39 Å². The molecule has 0 spiro atoms. The molecule has 0 unspecified atom stereocenters. The second kappa shape index (κ2) is 11.1. The van der Waals surface area contributed by atoms with Gasteiger partial charge in [0.15, 0.2) is 0 Å². The maximum absolute atomic E-state index is 13.5. The quantitative estimate of drug-likeness (QED) is 0.500. The molecule has 0 aliphatic heterocycles. The third-order valence-corrected chi connectivity index (χ3v) is 5.95. The molecule has 0 heterocycles. The second-order valence-electron chi connectivity index (χ2n) is 8.05. The van der Waals surface area contributed by atoms with Gasteiger partial charge in [-0.2, -0.15) is 0 Å². The number of nitrogens with one attached hydrogen (secondary N) is 2. The van der Waals surface area contributed by atoms with Gasteiger partial charge >= 0.3 is 5.97 Å². The number of hydrogen-bond donors (Lipinski definition) is 3. The molecule has 1 fully saturated rings. The Labute approximate surface area is 196 Å². The van der Waals surface area contributed by atoms with E-state index in [1.807, 2.05) is 0 Å². The average Bonchev–Trinajstić information content (AvgIpc) is 2.78. The molecule has 1 saturated carbocycles. The first-order valence-electron chi connectivity index (χ1n) is 10.8. The van der Waals surface area contributed by atoms with Crippen molar-refractivity contribution < 1.29 is 28.6 Å². The molecule has 0 bridgehead atoms. The highest BCUT2D eigenvalue weighted by atomic mass is 35.5. The Hall–Kier alpha value is -3.13. The highest BCUT2D eigenvalue weighted by Gasteiger charge is 2.27. The average molecular weight is 477 g/mol. The summed E-state index contributed by atoms with van der Waals surface area (Å²) in [5.41, 5.74) is 1.37. The van der Waals surface area contributed by atoms with Crippen molar-refractivity contribution in [2.75, 3.05) is 13.1 Å². The van der Waals surface area contributed by atoms with Gasteiger partial charge in [-0.3, -0.25) is 14.4 Å². The molecule has 0 atom stereocenters. The van der Waals surface area contributed by atoms with Crippen molar-refractivity contribution in [3.8, 4) is 5.75 Å². The standard InChI is InChI=1S/C24H26ClFN2O5/c1-14-12-18(33-17-5-2-15(3-6-17)24(31)32)7-8-19(14)23(30)28-11-10-27-22(29)16-4-9-20(25)21(26)13-16/h4,7-9,12-13,15,17H,2-3,5-6,10-11H2,1H3,(H,27,29)(H,28,30)(H,31,32)/t15-,17+. The Bertz CT molecular complexity index is 1040. The lowest BCUT2D eigenvalue weighted by molar-refractivity contribution is -0.143. The fourth-order valence-electron chi connectivity index (χ4n) is 3.77. The van der Waals surface area contributed by atoms with Crippen LogP contribution in [-0.4, -0.2) is 42.1 Å². The van der Waals surface area contributed by atoms with Crippen LogP contribution in [0.5, 0.6) is 5.75 Å². The highest BCUT2D eigenvalue weighted by molar-refractivity contribution is 6.30. The predicted molar refractivity (Wildman–Crippen MR) is 121 cm³/mol. The zero-order chi connectivity index (χ0) is 24.0. The molecule has 9 heteroatoms. The highest BCUT2D eigenvalue weighted by Crippen LogP contribution is 2.28. The first kappa shape index (κ1) is 24.5. The van der Waals surface area contributed by atoms with Crippen molar-refractivity contribution in [1.82, 2.24) is 10.6 Å². The van der Waals surface area contributed by atoms with E-state index in [0.29, 0.717) is 37.0 Å². The smallest absolute Gasteiger partial charge is 0.306 e. The van der Waals surface area contributed by atoms with Gasteiger partial charge in [0.25, 0.3) is 11.8 Å². The summed E-state index contributed by atoms with van der Waals surface area (Å²) < 4.78 is 19.4. The molecule has 2 aromatic carbocycles. The zero-order valence-electron chi connectivity index (χ0n) is 18.2. The Morgan fingerprint density at radius 2 is 1.70 bits per heavy atom. The number of amides is 2. The number of benzene rings is 2. The van der Waals surface area contributed by atoms with Crippen molar-refractivity contribution in [3.63, 3.8) is 0 Å². The number of carboxylic acid groups (broad SMARTS) is 1. The third-order valence-electron chi connectivity index (χ3n) is 5.65. The molecule has 0 saturated heterocycles. The number of aryl methyl sites for hydroxylation is 1. The lowest BCUT2D eigenvalue weighted by atomic mass is 9.87. The van der Waals surface area contributed by atoms with Crippen LogP contribution >= 0.6 is 11.6 Å². The van der Waals surface area contributed by atoms with Crippen LogP contribution in [0.1, 0.15) is 52.0 Å². The zero-order valence-corrected chi connectivity index (χ0v) is 19.0. The van der Waals surface area contributed by atoms with E-state index in [9.17, 15) is 18.8 Å². The minimum atomic E-state index is -0.752. The Morgan fingerprint density at radius 1 is 1.03 bits per heavy atom. The van der Waals surface area contributed by atoms with Crippen molar-refractivity contribution in [3.05, 3.63) is 63.9 Å². The van der Waals surface area contributed by atoms with Crippen molar-refractivity contribution in [1.29, 1.82) is 0 Å². The maximum atomic E-state index is 13.5. The molecule has 3 N–H and O–H groups in total. The lowest BCUT2D eigenvalue weighted by Gasteiger charge is -2.27. The number of aliphatic carboxylic acids is 1. The molecule has 176 valence electrons. The first-order valence-corrected chi connectivity index (χ1v) is 11.1. The van der Waals surface area contributed by atoms with Crippen LogP contribution in [0.25, 0.3) is 0 Å². The van der Waals surface area contributed by atoms with Gasteiger partial charge in [-0.1, -0.05) is 11.6 Å². The van der Waals surface area contributed by atoms with E-state index >= 15 is 0 Å². The number of rotatable bonds is 8. The number of halogens is 2. The van der Waals surface area contributed by atoms with Crippen molar-refractivity contribution in [2.45, 2.75) is 38.7 Å². The Kier molecular flexibility index (Phi) is 8.27. The van der Waals surface area contributed by atoms with E-state index in [-0.39, 0.29) is 41.6 Å². The summed E-state index contributed by atoms with van der Waals surface area (Å²) in [6.07, 6.45) is 2.54. The van der Waals surface area contributed by atoms with Crippen LogP contribution in [0.4, 0.5) is 4.39 Å². The summed E-state index contributed by atoms with van der Waals surface area (Å²) in [6.45, 7) is 2.18. The van der Waals surface area contributed by atoms with Gasteiger partial charge in [-0.15, -0.1) is 0 Å². The molecule has 2 amide bonds. The summed E-state index contributed by atoms with van der Waals surface area (Å²) >= 11 is 5.61. The summed E-state index contributed by atoms with van der Waals surface area (Å²) in [4.78, 5) is 35.6. The molecule has 0 radical (unpaired) electrons. The van der Waals surface area contributed by atoms with Gasteiger partial charge in [-0.05, 0) is 74.6 Å². The third kappa shape index (κ3) is 6.68. The minimum absolute atomic E-state index is 0.0302. The molecule has 1 aliphatic carbocycles. The summed E-state index contributed by atoms with van der Waals surface area (Å²) in [5, 5.41) is 14.4. The maximum Gasteiger partial charge on any atom is 0.306 e. The molecule has 2 aromatic rings. The van der Waals surface area contributed by atoms with E-state index in [1.165, 1.54) is 12.1 Å². The van der Waals surface area contributed by atoms with Crippen LogP contribution in [0.3, 0.4) is 0 Å². The summed E-state index contributed by atoms with van der Waals surface area (Å²) in [7, 11) is 0. The van der Waals surface area contributed by atoms with Crippen LogP contribution in [0.15, 0.2) is 36.4 Å². The Balaban J connectivity index is 1.45. The number of ether oxygens (including phenoxy) is 1. The number of carboxylic acids is 1. The Morgan fingerprint density at radius 3 is 2.30 bits per heavy atom. The number of carbonyl (C=O) groups is 3. The predicted octanol–water partition coefficient (Wildman–Crippen LogP) is 3.97. The van der Waals surface area contributed by atoms with E-state index in [4.69, 9.17) is 21.4 Å². The van der Waals surface area contributed by atoms with Gasteiger partial charge in [0, 0.05) is 24.2 Å².